The summed E-state index contributed by atoms with van der Waals surface area (Å²) in [5.74, 6) is -4.33. The normalized spacial score (nSPS) is 17.4. The van der Waals surface area contributed by atoms with E-state index in [1.54, 1.807) is 0 Å². The SMILES string of the molecule is Cc1nc2c(n1C(C)C)CN(C)CC21CCN(Cc2ccccc2)CC1.O=C(O)C(F)(F)F.O=C(O)C(F)(F)F. The predicted molar refractivity (Wildman–Crippen MR) is 134 cm³/mol. The number of aryl methyl sites for hydroxylation is 1. The number of aromatic nitrogens is 2. The summed E-state index contributed by atoms with van der Waals surface area (Å²) in [7, 11) is 2.27. The second-order valence-electron chi connectivity index (χ2n) is 10.2. The first-order chi connectivity index (χ1) is 18.4. The maximum Gasteiger partial charge on any atom is 0.490 e. The van der Waals surface area contributed by atoms with Crippen LogP contribution in [0.1, 0.15) is 55.5 Å². The van der Waals surface area contributed by atoms with Crippen molar-refractivity contribution < 1.29 is 46.1 Å². The third kappa shape index (κ3) is 8.68. The van der Waals surface area contributed by atoms with Crippen molar-refractivity contribution in [2.45, 2.75) is 70.5 Å². The molecule has 0 atom stereocenters. The highest BCUT2D eigenvalue weighted by molar-refractivity contribution is 5.73. The summed E-state index contributed by atoms with van der Waals surface area (Å²) in [4.78, 5) is 28.0. The fraction of sp³-hybridized carbons (Fsp3) is 0.577. The molecule has 2 aliphatic heterocycles. The first-order valence-corrected chi connectivity index (χ1v) is 12.5. The van der Waals surface area contributed by atoms with Crippen LogP contribution in [0.25, 0.3) is 0 Å². The first-order valence-electron chi connectivity index (χ1n) is 12.5. The Labute approximate surface area is 228 Å². The second kappa shape index (κ2) is 13.0. The van der Waals surface area contributed by atoms with Gasteiger partial charge in [0, 0.05) is 31.1 Å². The van der Waals surface area contributed by atoms with Gasteiger partial charge in [0.1, 0.15) is 5.82 Å². The third-order valence-corrected chi connectivity index (χ3v) is 6.74. The van der Waals surface area contributed by atoms with E-state index in [1.165, 1.54) is 35.6 Å². The molecule has 0 aliphatic carbocycles. The number of hydrogen-bond acceptors (Lipinski definition) is 5. The van der Waals surface area contributed by atoms with Gasteiger partial charge in [-0.05, 0) is 59.3 Å². The molecule has 224 valence electrons. The lowest BCUT2D eigenvalue weighted by Gasteiger charge is -2.46. The molecule has 1 aromatic carbocycles. The van der Waals surface area contributed by atoms with Crippen LogP contribution >= 0.6 is 0 Å². The van der Waals surface area contributed by atoms with Gasteiger partial charge in [-0.3, -0.25) is 9.80 Å². The average molecular weight is 581 g/mol. The van der Waals surface area contributed by atoms with Crippen molar-refractivity contribution >= 4 is 11.9 Å². The molecule has 8 nitrogen and oxygen atoms in total. The van der Waals surface area contributed by atoms with Crippen LogP contribution in [0.15, 0.2) is 30.3 Å². The molecule has 14 heteroatoms. The minimum atomic E-state index is -5.08. The number of likely N-dealkylation sites (N-methyl/N-ethyl adjacent to an activating group) is 1. The number of rotatable bonds is 3. The Morgan fingerprint density at radius 3 is 1.88 bits per heavy atom. The molecule has 1 saturated heterocycles. The van der Waals surface area contributed by atoms with Crippen molar-refractivity contribution in [2.75, 3.05) is 26.7 Å². The highest BCUT2D eigenvalue weighted by Gasteiger charge is 2.44. The molecule has 0 amide bonds. The molecule has 2 N–H and O–H groups in total. The number of piperidine rings is 1. The maximum absolute atomic E-state index is 10.6. The topological polar surface area (TPSA) is 98.9 Å². The van der Waals surface area contributed by atoms with Crippen LogP contribution < -0.4 is 0 Å². The van der Waals surface area contributed by atoms with Gasteiger partial charge >= 0.3 is 24.3 Å². The molecule has 1 aromatic heterocycles. The minimum Gasteiger partial charge on any atom is -0.475 e. The molecule has 0 saturated carbocycles. The standard InChI is InChI=1S/C22H32N4.2C2HF3O2/c1-17(2)26-18(3)23-21-20(26)15-24(4)16-22(21)10-12-25(13-11-22)14-19-8-6-5-7-9-19;2*3-2(4,5)1(6)7/h5-9,17H,10-16H2,1-4H3;2*(H,6,7). The van der Waals surface area contributed by atoms with Gasteiger partial charge in [0.05, 0.1) is 11.4 Å². The number of carbonyl (C=O) groups is 2. The van der Waals surface area contributed by atoms with E-state index in [1.807, 2.05) is 0 Å². The van der Waals surface area contributed by atoms with Crippen LogP contribution in [-0.2, 0) is 28.1 Å². The maximum atomic E-state index is 10.6. The van der Waals surface area contributed by atoms with E-state index >= 15 is 0 Å². The fourth-order valence-electron chi connectivity index (χ4n) is 5.13. The van der Waals surface area contributed by atoms with Crippen molar-refractivity contribution in [3.05, 3.63) is 53.1 Å². The quantitative estimate of drug-likeness (QED) is 0.492. The molecule has 0 radical (unpaired) electrons. The van der Waals surface area contributed by atoms with Gasteiger partial charge in [0.2, 0.25) is 0 Å². The van der Waals surface area contributed by atoms with Crippen LogP contribution in [-0.4, -0.2) is 80.5 Å². The highest BCUT2D eigenvalue weighted by Crippen LogP contribution is 2.42. The molecule has 1 spiro atoms. The zero-order chi connectivity index (χ0) is 30.5. The summed E-state index contributed by atoms with van der Waals surface area (Å²) >= 11 is 0. The second-order valence-corrected chi connectivity index (χ2v) is 10.2. The number of likely N-dealkylation sites (tertiary alicyclic amines) is 1. The van der Waals surface area contributed by atoms with Crippen LogP contribution in [0.5, 0.6) is 0 Å². The van der Waals surface area contributed by atoms with E-state index < -0.39 is 24.3 Å². The number of benzene rings is 1. The van der Waals surface area contributed by atoms with Crippen molar-refractivity contribution in [1.29, 1.82) is 0 Å². The number of imidazole rings is 1. The Bertz CT molecular complexity index is 1120. The van der Waals surface area contributed by atoms with E-state index in [0.717, 1.165) is 32.7 Å². The van der Waals surface area contributed by atoms with Crippen LogP contribution in [0.4, 0.5) is 26.3 Å². The summed E-state index contributed by atoms with van der Waals surface area (Å²) < 4.78 is 65.9. The Balaban J connectivity index is 0.000000333. The molecular weight excluding hydrogens is 546 g/mol. The highest BCUT2D eigenvalue weighted by atomic mass is 19.4. The molecule has 1 fully saturated rings. The van der Waals surface area contributed by atoms with Crippen molar-refractivity contribution in [3.8, 4) is 0 Å². The number of carboxylic acids is 2. The number of hydrogen-bond donors (Lipinski definition) is 2. The Kier molecular flexibility index (Phi) is 10.8. The third-order valence-electron chi connectivity index (χ3n) is 6.74. The van der Waals surface area contributed by atoms with E-state index in [9.17, 15) is 26.3 Å². The Morgan fingerprint density at radius 1 is 0.975 bits per heavy atom. The number of aliphatic carboxylic acids is 2. The predicted octanol–water partition coefficient (Wildman–Crippen LogP) is 5.02. The average Bonchev–Trinajstić information content (AvgIpc) is 3.17. The summed E-state index contributed by atoms with van der Waals surface area (Å²) in [6, 6.07) is 11.3. The monoisotopic (exact) mass is 580 g/mol. The van der Waals surface area contributed by atoms with Gasteiger partial charge in [-0.2, -0.15) is 26.3 Å². The van der Waals surface area contributed by atoms with Gasteiger partial charge in [-0.15, -0.1) is 0 Å². The lowest BCUT2D eigenvalue weighted by molar-refractivity contribution is -0.193. The lowest BCUT2D eigenvalue weighted by atomic mass is 9.72. The van der Waals surface area contributed by atoms with Crippen molar-refractivity contribution in [3.63, 3.8) is 0 Å². The molecule has 0 bridgehead atoms. The van der Waals surface area contributed by atoms with Gasteiger partial charge < -0.3 is 14.8 Å². The molecule has 4 rings (SSSR count). The number of halogens is 6. The molecular formula is C26H34F6N4O4. The van der Waals surface area contributed by atoms with Gasteiger partial charge in [-0.25, -0.2) is 14.6 Å². The molecule has 3 heterocycles. The largest absolute Gasteiger partial charge is 0.490 e. The van der Waals surface area contributed by atoms with E-state index in [4.69, 9.17) is 24.8 Å². The molecule has 2 aromatic rings. The lowest BCUT2D eigenvalue weighted by Crippen LogP contribution is -2.51. The smallest absolute Gasteiger partial charge is 0.475 e. The zero-order valence-corrected chi connectivity index (χ0v) is 22.7. The Morgan fingerprint density at radius 2 is 1.45 bits per heavy atom. The summed E-state index contributed by atoms with van der Waals surface area (Å²) in [6.07, 6.45) is -7.74. The van der Waals surface area contributed by atoms with Gasteiger partial charge in [0.25, 0.3) is 0 Å². The number of nitrogens with zero attached hydrogens (tertiary/aromatic N) is 4. The van der Waals surface area contributed by atoms with E-state index in [-0.39, 0.29) is 5.41 Å². The summed E-state index contributed by atoms with van der Waals surface area (Å²) in [5.41, 5.74) is 4.52. The summed E-state index contributed by atoms with van der Waals surface area (Å²) in [5, 5.41) is 14.2. The van der Waals surface area contributed by atoms with Crippen LogP contribution in [0.3, 0.4) is 0 Å². The number of alkyl halides is 6. The number of fused-ring (bicyclic) bond motifs is 2. The molecule has 2 aliphatic rings. The molecule has 40 heavy (non-hydrogen) atoms. The van der Waals surface area contributed by atoms with Crippen molar-refractivity contribution in [1.82, 2.24) is 19.4 Å². The Hall–Kier alpha value is -3.13. The number of carboxylic acid groups (broad SMARTS) is 2. The molecule has 0 unspecified atom stereocenters. The van der Waals surface area contributed by atoms with Crippen LogP contribution in [0.2, 0.25) is 0 Å². The van der Waals surface area contributed by atoms with E-state index in [0.29, 0.717) is 6.04 Å². The minimum absolute atomic E-state index is 0.237. The summed E-state index contributed by atoms with van der Waals surface area (Å²) in [6.45, 7) is 12.3. The van der Waals surface area contributed by atoms with Gasteiger partial charge in [-0.1, -0.05) is 30.3 Å². The zero-order valence-electron chi connectivity index (χ0n) is 22.7. The first kappa shape index (κ1) is 33.1. The van der Waals surface area contributed by atoms with Crippen LogP contribution in [0, 0.1) is 6.92 Å². The van der Waals surface area contributed by atoms with Crippen molar-refractivity contribution in [2.24, 2.45) is 0 Å². The van der Waals surface area contributed by atoms with Gasteiger partial charge in [0.15, 0.2) is 0 Å². The van der Waals surface area contributed by atoms with E-state index in [2.05, 4.69) is 72.5 Å². The fourth-order valence-corrected chi connectivity index (χ4v) is 5.13.